The molecule has 0 spiro atoms. The van der Waals surface area contributed by atoms with Gasteiger partial charge in [-0.3, -0.25) is 0 Å². The number of benzene rings is 1. The van der Waals surface area contributed by atoms with Crippen molar-refractivity contribution < 1.29 is 18.3 Å². The zero-order valence-corrected chi connectivity index (χ0v) is 13.6. The summed E-state index contributed by atoms with van der Waals surface area (Å²) in [6.07, 6.45) is 1.49. The van der Waals surface area contributed by atoms with Crippen LogP contribution in [0.5, 0.6) is 0 Å². The highest BCUT2D eigenvalue weighted by atomic mass is 32.2. The van der Waals surface area contributed by atoms with E-state index >= 15 is 0 Å². The van der Waals surface area contributed by atoms with Crippen molar-refractivity contribution in [1.29, 1.82) is 0 Å². The zero-order valence-electron chi connectivity index (χ0n) is 12.8. The number of hydrogen-bond acceptors (Lipinski definition) is 4. The van der Waals surface area contributed by atoms with Crippen LogP contribution in [0.15, 0.2) is 30.3 Å². The van der Waals surface area contributed by atoms with Gasteiger partial charge >= 0.3 is 0 Å². The van der Waals surface area contributed by atoms with Crippen LogP contribution >= 0.6 is 0 Å². The second-order valence-electron chi connectivity index (χ2n) is 6.28. The summed E-state index contributed by atoms with van der Waals surface area (Å²) in [5, 5.41) is 10.5. The first-order valence-corrected chi connectivity index (χ1v) is 9.32. The van der Waals surface area contributed by atoms with Crippen molar-refractivity contribution in [3.8, 4) is 0 Å². The molecule has 122 valence electrons. The first kappa shape index (κ1) is 15.9. The monoisotopic (exact) mass is 325 g/mol. The van der Waals surface area contributed by atoms with Crippen molar-refractivity contribution >= 4 is 10.0 Å². The maximum atomic E-state index is 12.9. The summed E-state index contributed by atoms with van der Waals surface area (Å²) in [5.74, 6) is 0. The summed E-state index contributed by atoms with van der Waals surface area (Å²) in [7, 11) is -3.44. The minimum absolute atomic E-state index is 0.128. The fourth-order valence-electron chi connectivity index (χ4n) is 3.49. The normalized spacial score (nSPS) is 33.9. The second-order valence-corrected chi connectivity index (χ2v) is 8.43. The van der Waals surface area contributed by atoms with Crippen LogP contribution in [0.4, 0.5) is 0 Å². The summed E-state index contributed by atoms with van der Waals surface area (Å²) in [6.45, 7) is 2.90. The summed E-state index contributed by atoms with van der Waals surface area (Å²) in [5.41, 5.74) is -0.319. The number of aliphatic hydroxyl groups is 1. The number of β-amino-alcohol motifs (C(OH)–C–C–N with tert-alkyl or cyclic N) is 1. The van der Waals surface area contributed by atoms with Gasteiger partial charge in [-0.15, -0.1) is 0 Å². The van der Waals surface area contributed by atoms with Gasteiger partial charge in [-0.25, -0.2) is 8.42 Å². The summed E-state index contributed by atoms with van der Waals surface area (Å²) in [6, 6.07) is 9.35. The third-order valence-electron chi connectivity index (χ3n) is 4.80. The van der Waals surface area contributed by atoms with E-state index < -0.39 is 20.9 Å². The van der Waals surface area contributed by atoms with Crippen LogP contribution in [0, 0.1) is 0 Å². The van der Waals surface area contributed by atoms with Crippen LogP contribution in [-0.2, 0) is 20.4 Å². The maximum Gasteiger partial charge on any atom is 0.219 e. The Labute approximate surface area is 131 Å². The Balaban J connectivity index is 1.84. The van der Waals surface area contributed by atoms with E-state index in [1.165, 1.54) is 4.31 Å². The minimum atomic E-state index is -3.44. The number of piperidine rings is 1. The van der Waals surface area contributed by atoms with Crippen molar-refractivity contribution in [3.05, 3.63) is 35.9 Å². The lowest BCUT2D eigenvalue weighted by molar-refractivity contribution is -0.0128. The molecule has 0 amide bonds. The second kappa shape index (κ2) is 5.92. The first-order valence-electron chi connectivity index (χ1n) is 7.82. The van der Waals surface area contributed by atoms with Gasteiger partial charge in [-0.05, 0) is 31.7 Å². The van der Waals surface area contributed by atoms with E-state index in [9.17, 15) is 13.5 Å². The Morgan fingerprint density at radius 1 is 1.32 bits per heavy atom. The molecule has 5 nitrogen and oxygen atoms in total. The summed E-state index contributed by atoms with van der Waals surface area (Å²) in [4.78, 5) is 0. The maximum absolute atomic E-state index is 12.9. The van der Waals surface area contributed by atoms with Crippen molar-refractivity contribution in [2.24, 2.45) is 0 Å². The Bertz CT molecular complexity index is 618. The summed E-state index contributed by atoms with van der Waals surface area (Å²) < 4.78 is 32.6. The van der Waals surface area contributed by atoms with Gasteiger partial charge in [0.2, 0.25) is 10.0 Å². The van der Waals surface area contributed by atoms with E-state index in [1.807, 2.05) is 37.3 Å². The number of ether oxygens (including phenoxy) is 1. The minimum Gasteiger partial charge on any atom is -0.384 e. The third-order valence-corrected chi connectivity index (χ3v) is 7.21. The molecule has 0 aliphatic carbocycles. The van der Waals surface area contributed by atoms with Gasteiger partial charge < -0.3 is 9.84 Å². The lowest BCUT2D eigenvalue weighted by Gasteiger charge is -2.40. The van der Waals surface area contributed by atoms with Gasteiger partial charge in [-0.2, -0.15) is 4.31 Å². The van der Waals surface area contributed by atoms with Crippen molar-refractivity contribution in [3.63, 3.8) is 0 Å². The van der Waals surface area contributed by atoms with Gasteiger partial charge in [0.25, 0.3) is 0 Å². The lowest BCUT2D eigenvalue weighted by atomic mass is 9.87. The molecule has 3 atom stereocenters. The molecule has 2 aliphatic rings. The third kappa shape index (κ3) is 2.80. The molecular weight excluding hydrogens is 302 g/mol. The van der Waals surface area contributed by atoms with Gasteiger partial charge in [0, 0.05) is 19.7 Å². The summed E-state index contributed by atoms with van der Waals surface area (Å²) >= 11 is 0. The van der Waals surface area contributed by atoms with E-state index in [0.717, 1.165) is 5.56 Å². The highest BCUT2D eigenvalue weighted by Gasteiger charge is 2.45. The van der Waals surface area contributed by atoms with Crippen LogP contribution in [0.1, 0.15) is 31.7 Å². The standard InChI is InChI=1S/C16H23NO4S/c1-13-15(8-11-21-13)22(19,20)17-10-5-9-16(18,12-17)14-6-3-2-4-7-14/h2-4,6-7,13,15,18H,5,8-12H2,1H3. The molecule has 1 aromatic carbocycles. The molecule has 0 bridgehead atoms. The average Bonchev–Trinajstić information content (AvgIpc) is 2.95. The molecule has 2 heterocycles. The SMILES string of the molecule is CC1OCCC1S(=O)(=O)N1CCCC(O)(c2ccccc2)C1. The number of nitrogens with zero attached hydrogens (tertiary/aromatic N) is 1. The Kier molecular flexibility index (Phi) is 4.29. The fourth-order valence-corrected chi connectivity index (χ4v) is 5.61. The van der Waals surface area contributed by atoms with E-state index in [1.54, 1.807) is 0 Å². The predicted molar refractivity (Wildman–Crippen MR) is 83.9 cm³/mol. The number of rotatable bonds is 3. The molecule has 2 aliphatic heterocycles. The molecule has 22 heavy (non-hydrogen) atoms. The quantitative estimate of drug-likeness (QED) is 0.914. The largest absolute Gasteiger partial charge is 0.384 e. The molecule has 1 aromatic rings. The Morgan fingerprint density at radius 3 is 2.68 bits per heavy atom. The molecule has 0 radical (unpaired) electrons. The first-order chi connectivity index (χ1) is 10.4. The van der Waals surface area contributed by atoms with Crippen LogP contribution in [0.2, 0.25) is 0 Å². The molecule has 3 unspecified atom stereocenters. The van der Waals surface area contributed by atoms with E-state index in [2.05, 4.69) is 0 Å². The molecule has 0 aromatic heterocycles. The average molecular weight is 325 g/mol. The fraction of sp³-hybridized carbons (Fsp3) is 0.625. The van der Waals surface area contributed by atoms with Gasteiger partial charge in [-0.1, -0.05) is 30.3 Å². The molecule has 3 rings (SSSR count). The van der Waals surface area contributed by atoms with E-state index in [-0.39, 0.29) is 12.6 Å². The van der Waals surface area contributed by atoms with Crippen LogP contribution in [0.3, 0.4) is 0 Å². The molecule has 2 saturated heterocycles. The molecule has 6 heteroatoms. The molecule has 2 fully saturated rings. The van der Waals surface area contributed by atoms with Crippen molar-refractivity contribution in [1.82, 2.24) is 4.31 Å². The number of sulfonamides is 1. The van der Waals surface area contributed by atoms with Crippen LogP contribution < -0.4 is 0 Å². The molecule has 1 N–H and O–H groups in total. The van der Waals surface area contributed by atoms with Crippen molar-refractivity contribution in [2.75, 3.05) is 19.7 Å². The van der Waals surface area contributed by atoms with Crippen molar-refractivity contribution in [2.45, 2.75) is 43.1 Å². The Morgan fingerprint density at radius 2 is 2.05 bits per heavy atom. The van der Waals surface area contributed by atoms with E-state index in [4.69, 9.17) is 4.74 Å². The van der Waals surface area contributed by atoms with E-state index in [0.29, 0.717) is 32.4 Å². The molecule has 0 saturated carbocycles. The Hall–Kier alpha value is -0.950. The number of hydrogen-bond donors (Lipinski definition) is 1. The van der Waals surface area contributed by atoms with Crippen LogP contribution in [-0.4, -0.2) is 48.9 Å². The highest BCUT2D eigenvalue weighted by Crippen LogP contribution is 2.34. The van der Waals surface area contributed by atoms with Gasteiger partial charge in [0.05, 0.1) is 6.10 Å². The predicted octanol–water partition coefficient (Wildman–Crippen LogP) is 1.48. The highest BCUT2D eigenvalue weighted by molar-refractivity contribution is 7.89. The zero-order chi connectivity index (χ0) is 15.8. The smallest absolute Gasteiger partial charge is 0.219 e. The topological polar surface area (TPSA) is 66.8 Å². The van der Waals surface area contributed by atoms with Crippen LogP contribution in [0.25, 0.3) is 0 Å². The molecular formula is C16H23NO4S. The lowest BCUT2D eigenvalue weighted by Crippen LogP contribution is -2.52. The van der Waals surface area contributed by atoms with Gasteiger partial charge in [0.1, 0.15) is 10.9 Å². The van der Waals surface area contributed by atoms with Gasteiger partial charge in [0.15, 0.2) is 0 Å².